The Morgan fingerprint density at radius 3 is 2.71 bits per heavy atom. The van der Waals surface area contributed by atoms with E-state index in [1.807, 2.05) is 0 Å². The molecule has 0 spiro atoms. The van der Waals surface area contributed by atoms with Gasteiger partial charge in [-0.15, -0.1) is 11.3 Å². The molecule has 2 heterocycles. The van der Waals surface area contributed by atoms with Crippen molar-refractivity contribution in [1.82, 2.24) is 21.0 Å². The summed E-state index contributed by atoms with van der Waals surface area (Å²) in [6.45, 7) is 2.39. The number of halogens is 1. The zero-order valence-corrected chi connectivity index (χ0v) is 21.1. The first-order chi connectivity index (χ1) is 16.9. The first kappa shape index (κ1) is 23.9. The summed E-state index contributed by atoms with van der Waals surface area (Å²) in [7, 11) is 0. The molecule has 5 rings (SSSR count). The molecule has 0 aromatic carbocycles. The summed E-state index contributed by atoms with van der Waals surface area (Å²) in [5, 5.41) is 10.5. The number of hydrazine groups is 1. The molecule has 3 aliphatic carbocycles. The molecule has 35 heavy (non-hydrogen) atoms. The molecule has 0 radical (unpaired) electrons. The van der Waals surface area contributed by atoms with E-state index in [1.165, 1.54) is 17.4 Å². The van der Waals surface area contributed by atoms with E-state index in [1.54, 1.807) is 13.0 Å². The van der Waals surface area contributed by atoms with E-state index in [0.29, 0.717) is 45.9 Å². The summed E-state index contributed by atoms with van der Waals surface area (Å²) in [6, 6.07) is 2.91. The molecule has 186 valence electrons. The maximum atomic E-state index is 13.2. The fraction of sp³-hybridized carbons (Fsp3) is 0.500. The van der Waals surface area contributed by atoms with Crippen LogP contribution in [0, 0.1) is 24.7 Å². The molecule has 8 nitrogen and oxygen atoms in total. The Morgan fingerprint density at radius 2 is 2.00 bits per heavy atom. The molecule has 3 aliphatic rings. The van der Waals surface area contributed by atoms with Crippen molar-refractivity contribution < 1.29 is 14.0 Å². The van der Waals surface area contributed by atoms with Gasteiger partial charge in [-0.2, -0.15) is 4.39 Å². The number of hydrogen-bond acceptors (Lipinski definition) is 6. The highest BCUT2D eigenvalue weighted by Gasteiger charge is 2.34. The summed E-state index contributed by atoms with van der Waals surface area (Å²) in [5.74, 6) is 0.0107. The maximum Gasteiger partial charge on any atom is 0.254 e. The van der Waals surface area contributed by atoms with Crippen molar-refractivity contribution in [2.24, 2.45) is 11.8 Å². The third-order valence-electron chi connectivity index (χ3n) is 6.62. The number of pyridine rings is 1. The zero-order valence-electron chi connectivity index (χ0n) is 19.5. The molecular formula is C24H29FN6O2S2. The Labute approximate surface area is 212 Å². The van der Waals surface area contributed by atoms with Crippen molar-refractivity contribution >= 4 is 51.2 Å². The number of anilines is 2. The molecule has 1 atom stereocenters. The van der Waals surface area contributed by atoms with Gasteiger partial charge in [0.15, 0.2) is 5.11 Å². The van der Waals surface area contributed by atoms with Crippen LogP contribution in [0.5, 0.6) is 0 Å². The number of carbonyl (C=O) groups is 2. The van der Waals surface area contributed by atoms with Gasteiger partial charge >= 0.3 is 0 Å². The van der Waals surface area contributed by atoms with E-state index in [-0.39, 0.29) is 23.8 Å². The molecule has 0 aliphatic heterocycles. The Balaban J connectivity index is 1.25. The van der Waals surface area contributed by atoms with Crippen LogP contribution in [0.4, 0.5) is 15.1 Å². The predicted molar refractivity (Wildman–Crippen MR) is 138 cm³/mol. The van der Waals surface area contributed by atoms with E-state index in [9.17, 15) is 14.0 Å². The summed E-state index contributed by atoms with van der Waals surface area (Å²) >= 11 is 6.97. The van der Waals surface area contributed by atoms with Gasteiger partial charge in [0, 0.05) is 23.4 Å². The van der Waals surface area contributed by atoms with E-state index in [4.69, 9.17) is 12.2 Å². The third kappa shape index (κ3) is 5.90. The van der Waals surface area contributed by atoms with Crippen LogP contribution in [0.25, 0.3) is 0 Å². The van der Waals surface area contributed by atoms with Crippen molar-refractivity contribution in [3.05, 3.63) is 39.8 Å². The average molecular weight is 517 g/mol. The molecule has 11 heteroatoms. The van der Waals surface area contributed by atoms with Gasteiger partial charge in [-0.1, -0.05) is 0 Å². The van der Waals surface area contributed by atoms with Crippen molar-refractivity contribution in [2.75, 3.05) is 17.3 Å². The summed E-state index contributed by atoms with van der Waals surface area (Å²) < 4.78 is 13.2. The number of carbonyl (C=O) groups excluding carboxylic acids is 2. The lowest BCUT2D eigenvalue weighted by Crippen LogP contribution is -2.46. The van der Waals surface area contributed by atoms with Crippen LogP contribution in [-0.4, -0.2) is 34.5 Å². The molecule has 2 fully saturated rings. The molecule has 2 saturated carbocycles. The van der Waals surface area contributed by atoms with Crippen LogP contribution in [0.15, 0.2) is 12.1 Å². The highest BCUT2D eigenvalue weighted by atomic mass is 32.1. The Morgan fingerprint density at radius 1 is 1.20 bits per heavy atom. The fourth-order valence-electron chi connectivity index (χ4n) is 4.25. The number of thiocarbonyl (C=S) groups is 1. The fourth-order valence-corrected chi connectivity index (χ4v) is 5.71. The number of fused-ring (bicyclic) bond motifs is 1. The number of aromatic nitrogens is 1. The number of nitrogens with one attached hydrogen (secondary N) is 5. The summed E-state index contributed by atoms with van der Waals surface area (Å²) in [6.07, 6.45) is 6.44. The lowest BCUT2D eigenvalue weighted by atomic mass is 9.91. The van der Waals surface area contributed by atoms with Gasteiger partial charge in [-0.25, -0.2) is 4.98 Å². The lowest BCUT2D eigenvalue weighted by Gasteiger charge is -2.26. The van der Waals surface area contributed by atoms with Crippen molar-refractivity contribution in [1.29, 1.82) is 0 Å². The van der Waals surface area contributed by atoms with E-state index >= 15 is 0 Å². The minimum absolute atomic E-state index is 0.0107. The van der Waals surface area contributed by atoms with Crippen LogP contribution < -0.4 is 26.8 Å². The second kappa shape index (κ2) is 10.1. The first-order valence-corrected chi connectivity index (χ1v) is 13.3. The SMILES string of the molecule is Cc1nc(F)ccc1NNC(=S)N[C@H]1CCc2sc(NC(=O)C3CC3)c(C(=O)NCC3CC3)c2C1. The molecule has 0 saturated heterocycles. The monoisotopic (exact) mass is 516 g/mol. The third-order valence-corrected chi connectivity index (χ3v) is 8.05. The minimum Gasteiger partial charge on any atom is -0.358 e. The smallest absolute Gasteiger partial charge is 0.254 e. The standard InChI is InChI=1S/C24H29FN6O2S2/c1-12-17(7-9-19(25)27-12)30-31-24(34)28-15-6-8-18-16(10-15)20(22(33)26-11-13-2-3-13)23(35-18)29-21(32)14-4-5-14/h7,9,13-15,30H,2-6,8,10-11H2,1H3,(H,26,33)(H,29,32)(H2,28,31,34)/t15-/m0/s1. The van der Waals surface area contributed by atoms with Crippen LogP contribution >= 0.6 is 23.6 Å². The molecule has 0 unspecified atom stereocenters. The minimum atomic E-state index is -0.535. The van der Waals surface area contributed by atoms with Crippen LogP contribution in [0.3, 0.4) is 0 Å². The zero-order chi connectivity index (χ0) is 24.5. The Bertz CT molecular complexity index is 1160. The summed E-state index contributed by atoms with van der Waals surface area (Å²) in [4.78, 5) is 30.6. The highest BCUT2D eigenvalue weighted by Crippen LogP contribution is 2.40. The quantitative estimate of drug-likeness (QED) is 0.208. The number of amides is 2. The van der Waals surface area contributed by atoms with Gasteiger partial charge < -0.3 is 16.0 Å². The van der Waals surface area contributed by atoms with Crippen LogP contribution in [0.1, 0.15) is 58.6 Å². The Kier molecular flexibility index (Phi) is 6.88. The molecule has 5 N–H and O–H groups in total. The number of aryl methyl sites for hydroxylation is 2. The van der Waals surface area contributed by atoms with Crippen LogP contribution in [0.2, 0.25) is 0 Å². The number of rotatable bonds is 8. The van der Waals surface area contributed by atoms with Gasteiger partial charge in [-0.05, 0) is 87.7 Å². The van der Waals surface area contributed by atoms with Crippen molar-refractivity contribution in [2.45, 2.75) is 57.9 Å². The van der Waals surface area contributed by atoms with Crippen molar-refractivity contribution in [3.8, 4) is 0 Å². The average Bonchev–Trinajstić information content (AvgIpc) is 3.73. The molecular weight excluding hydrogens is 487 g/mol. The van der Waals surface area contributed by atoms with Gasteiger partial charge in [0.05, 0.1) is 16.9 Å². The second-order valence-corrected chi connectivity index (χ2v) is 11.1. The number of nitrogens with zero attached hydrogens (tertiary/aromatic N) is 1. The molecule has 2 aromatic rings. The van der Waals surface area contributed by atoms with Gasteiger partial charge in [-0.3, -0.25) is 20.4 Å². The van der Waals surface area contributed by atoms with Gasteiger partial charge in [0.25, 0.3) is 5.91 Å². The molecule has 2 amide bonds. The normalized spacial score (nSPS) is 18.9. The molecule has 0 bridgehead atoms. The van der Waals surface area contributed by atoms with Crippen molar-refractivity contribution in [3.63, 3.8) is 0 Å². The van der Waals surface area contributed by atoms with Gasteiger partial charge in [0.1, 0.15) is 5.00 Å². The second-order valence-electron chi connectivity index (χ2n) is 9.55. The van der Waals surface area contributed by atoms with E-state index < -0.39 is 5.95 Å². The van der Waals surface area contributed by atoms with Crippen LogP contribution in [-0.2, 0) is 17.6 Å². The van der Waals surface area contributed by atoms with E-state index in [0.717, 1.165) is 49.0 Å². The van der Waals surface area contributed by atoms with E-state index in [2.05, 4.69) is 31.8 Å². The first-order valence-electron chi connectivity index (χ1n) is 12.1. The largest absolute Gasteiger partial charge is 0.358 e. The highest BCUT2D eigenvalue weighted by molar-refractivity contribution is 7.80. The number of hydrogen-bond donors (Lipinski definition) is 5. The Hall–Kier alpha value is -2.79. The topological polar surface area (TPSA) is 107 Å². The maximum absolute atomic E-state index is 13.2. The summed E-state index contributed by atoms with van der Waals surface area (Å²) in [5.41, 5.74) is 8.64. The molecule has 2 aromatic heterocycles. The number of thiophene rings is 1. The lowest BCUT2D eigenvalue weighted by molar-refractivity contribution is -0.117. The predicted octanol–water partition coefficient (Wildman–Crippen LogP) is 3.43. The van der Waals surface area contributed by atoms with Gasteiger partial charge in [0.2, 0.25) is 11.9 Å².